The molecule has 1 rings (SSSR count). The summed E-state index contributed by atoms with van der Waals surface area (Å²) in [6.45, 7) is 5.81. The van der Waals surface area contributed by atoms with E-state index in [4.69, 9.17) is 9.47 Å². The summed E-state index contributed by atoms with van der Waals surface area (Å²) >= 11 is 0. The lowest BCUT2D eigenvalue weighted by Gasteiger charge is -2.23. The highest BCUT2D eigenvalue weighted by Gasteiger charge is 2.21. The van der Waals surface area contributed by atoms with Crippen LogP contribution in [-0.4, -0.2) is 42.2 Å². The van der Waals surface area contributed by atoms with Crippen LogP contribution < -0.4 is 5.32 Å². The first-order valence-electron chi connectivity index (χ1n) is 7.23. The number of carbonyl (C=O) groups excluding carboxylic acids is 2. The third kappa shape index (κ3) is 7.17. The molecule has 0 aliphatic heterocycles. The molecule has 0 bridgehead atoms. The highest BCUT2D eigenvalue weighted by atomic mass is 16.6. The first-order chi connectivity index (χ1) is 10.3. The second-order valence-corrected chi connectivity index (χ2v) is 5.99. The van der Waals surface area contributed by atoms with Crippen molar-refractivity contribution in [3.05, 3.63) is 30.1 Å². The van der Waals surface area contributed by atoms with E-state index in [1.807, 2.05) is 0 Å². The maximum absolute atomic E-state index is 12.2. The second-order valence-electron chi connectivity index (χ2n) is 5.99. The first-order valence-corrected chi connectivity index (χ1v) is 7.23. The lowest BCUT2D eigenvalue weighted by Crippen LogP contribution is -2.40. The van der Waals surface area contributed by atoms with Crippen molar-refractivity contribution in [3.63, 3.8) is 0 Å². The number of nitrogens with one attached hydrogen (secondary N) is 1. The van der Waals surface area contributed by atoms with Gasteiger partial charge in [-0.2, -0.15) is 0 Å². The molecule has 0 saturated heterocycles. The lowest BCUT2D eigenvalue weighted by molar-refractivity contribution is 0.0490. The van der Waals surface area contributed by atoms with Gasteiger partial charge in [-0.3, -0.25) is 9.78 Å². The Kier molecular flexibility index (Phi) is 6.98. The minimum absolute atomic E-state index is 0.0785. The third-order valence-corrected chi connectivity index (χ3v) is 2.81. The van der Waals surface area contributed by atoms with Crippen molar-refractivity contribution in [3.8, 4) is 0 Å². The highest BCUT2D eigenvalue weighted by Crippen LogP contribution is 2.10. The van der Waals surface area contributed by atoms with Crippen LogP contribution in [0.25, 0.3) is 0 Å². The molecule has 1 aromatic rings. The van der Waals surface area contributed by atoms with Crippen molar-refractivity contribution in [1.82, 2.24) is 10.3 Å². The number of amides is 1. The zero-order chi connectivity index (χ0) is 16.6. The number of rotatable bonds is 7. The zero-order valence-corrected chi connectivity index (χ0v) is 13.6. The van der Waals surface area contributed by atoms with Crippen LogP contribution in [0.5, 0.6) is 0 Å². The standard InChI is InChI=1S/C16H24N2O4/c1-16(2,3)22-15(20)18-13(7-9-21-4)10-14(19)12-6-5-8-17-11-12/h5-6,8,11,13H,7,9-10H2,1-4H3,(H,18,20). The number of carbonyl (C=O) groups is 2. The number of nitrogens with zero attached hydrogens (tertiary/aromatic N) is 1. The predicted molar refractivity (Wildman–Crippen MR) is 82.8 cm³/mol. The van der Waals surface area contributed by atoms with Crippen LogP contribution in [0.4, 0.5) is 4.79 Å². The van der Waals surface area contributed by atoms with E-state index in [1.54, 1.807) is 46.2 Å². The molecule has 6 nitrogen and oxygen atoms in total. The van der Waals surface area contributed by atoms with E-state index in [1.165, 1.54) is 6.20 Å². The fourth-order valence-electron chi connectivity index (χ4n) is 1.83. The van der Waals surface area contributed by atoms with E-state index < -0.39 is 11.7 Å². The largest absolute Gasteiger partial charge is 0.444 e. The minimum Gasteiger partial charge on any atom is -0.444 e. The molecule has 1 N–H and O–H groups in total. The molecule has 0 aliphatic rings. The molecule has 1 aromatic heterocycles. The monoisotopic (exact) mass is 308 g/mol. The summed E-state index contributed by atoms with van der Waals surface area (Å²) in [6, 6.07) is 3.07. The van der Waals surface area contributed by atoms with Gasteiger partial charge >= 0.3 is 6.09 Å². The topological polar surface area (TPSA) is 77.5 Å². The number of pyridine rings is 1. The van der Waals surface area contributed by atoms with Gasteiger partial charge < -0.3 is 14.8 Å². The molecule has 122 valence electrons. The van der Waals surface area contributed by atoms with Crippen molar-refractivity contribution in [1.29, 1.82) is 0 Å². The molecule has 0 fully saturated rings. The minimum atomic E-state index is -0.580. The lowest BCUT2D eigenvalue weighted by atomic mass is 10.0. The van der Waals surface area contributed by atoms with Crippen LogP contribution in [0.1, 0.15) is 44.0 Å². The summed E-state index contributed by atoms with van der Waals surface area (Å²) in [5, 5.41) is 2.73. The molecule has 0 aliphatic carbocycles. The van der Waals surface area contributed by atoms with E-state index >= 15 is 0 Å². The molecule has 22 heavy (non-hydrogen) atoms. The van der Waals surface area contributed by atoms with Crippen LogP contribution >= 0.6 is 0 Å². The number of alkyl carbamates (subject to hydrolysis) is 1. The van der Waals surface area contributed by atoms with E-state index in [9.17, 15) is 9.59 Å². The summed E-state index contributed by atoms with van der Waals surface area (Å²) in [7, 11) is 1.58. The van der Waals surface area contributed by atoms with E-state index in [0.29, 0.717) is 18.6 Å². The molecule has 0 spiro atoms. The van der Waals surface area contributed by atoms with Crippen LogP contribution in [0.15, 0.2) is 24.5 Å². The van der Waals surface area contributed by atoms with E-state index in [2.05, 4.69) is 10.3 Å². The molecule has 0 saturated carbocycles. The number of Topliss-reactive ketones (excluding diaryl/α,β-unsaturated/α-hetero) is 1. The van der Waals surface area contributed by atoms with E-state index in [-0.39, 0.29) is 18.2 Å². The third-order valence-electron chi connectivity index (χ3n) is 2.81. The zero-order valence-electron chi connectivity index (χ0n) is 13.6. The van der Waals surface area contributed by atoms with Gasteiger partial charge in [0.15, 0.2) is 5.78 Å². The van der Waals surface area contributed by atoms with Gasteiger partial charge in [-0.05, 0) is 39.3 Å². The summed E-state index contributed by atoms with van der Waals surface area (Å²) in [4.78, 5) is 28.0. The number of ketones is 1. The number of hydrogen-bond acceptors (Lipinski definition) is 5. The number of methoxy groups -OCH3 is 1. The molecule has 1 atom stereocenters. The second kappa shape index (κ2) is 8.48. The molecular weight excluding hydrogens is 284 g/mol. The van der Waals surface area contributed by atoms with Gasteiger partial charge in [0.25, 0.3) is 0 Å². The SMILES string of the molecule is COCCC(CC(=O)c1cccnc1)NC(=O)OC(C)(C)C. The van der Waals surface area contributed by atoms with Crippen LogP contribution in [0.2, 0.25) is 0 Å². The summed E-state index contributed by atoms with van der Waals surface area (Å²) < 4.78 is 10.2. The van der Waals surface area contributed by atoms with Gasteiger partial charge in [0, 0.05) is 44.1 Å². The van der Waals surface area contributed by atoms with E-state index in [0.717, 1.165) is 0 Å². The Balaban J connectivity index is 2.64. The molecule has 6 heteroatoms. The average Bonchev–Trinajstić information content (AvgIpc) is 2.43. The van der Waals surface area contributed by atoms with Crippen molar-refractivity contribution in [2.75, 3.05) is 13.7 Å². The smallest absolute Gasteiger partial charge is 0.407 e. The molecule has 1 heterocycles. The number of aromatic nitrogens is 1. The van der Waals surface area contributed by atoms with Gasteiger partial charge in [-0.1, -0.05) is 0 Å². The fraction of sp³-hybridized carbons (Fsp3) is 0.562. The Hall–Kier alpha value is -1.95. The van der Waals surface area contributed by atoms with Crippen LogP contribution in [0.3, 0.4) is 0 Å². The Morgan fingerprint density at radius 1 is 1.36 bits per heavy atom. The average molecular weight is 308 g/mol. The molecule has 0 radical (unpaired) electrons. The summed E-state index contributed by atoms with van der Waals surface area (Å²) in [5.74, 6) is -0.0785. The Morgan fingerprint density at radius 3 is 2.64 bits per heavy atom. The summed E-state index contributed by atoms with van der Waals surface area (Å²) in [5.41, 5.74) is -0.0561. The van der Waals surface area contributed by atoms with Crippen molar-refractivity contribution in [2.24, 2.45) is 0 Å². The first kappa shape index (κ1) is 18.1. The molecular formula is C16H24N2O4. The van der Waals surface area contributed by atoms with Crippen LogP contribution in [-0.2, 0) is 9.47 Å². The maximum Gasteiger partial charge on any atom is 0.407 e. The van der Waals surface area contributed by atoms with Crippen molar-refractivity contribution in [2.45, 2.75) is 45.3 Å². The molecule has 0 aromatic carbocycles. The van der Waals surface area contributed by atoms with Gasteiger partial charge in [0.05, 0.1) is 0 Å². The number of hydrogen-bond donors (Lipinski definition) is 1. The van der Waals surface area contributed by atoms with Crippen LogP contribution in [0, 0.1) is 0 Å². The maximum atomic E-state index is 12.2. The Bertz CT molecular complexity index is 483. The van der Waals surface area contributed by atoms with Gasteiger partial charge in [-0.25, -0.2) is 4.79 Å². The Labute approximate surface area is 131 Å². The highest BCUT2D eigenvalue weighted by molar-refractivity contribution is 5.96. The normalized spacial score (nSPS) is 12.5. The van der Waals surface area contributed by atoms with Gasteiger partial charge in [-0.15, -0.1) is 0 Å². The predicted octanol–water partition coefficient (Wildman–Crippen LogP) is 2.58. The van der Waals surface area contributed by atoms with Gasteiger partial charge in [0.1, 0.15) is 5.60 Å². The fourth-order valence-corrected chi connectivity index (χ4v) is 1.83. The van der Waals surface area contributed by atoms with Crippen molar-refractivity contribution < 1.29 is 19.1 Å². The molecule has 1 amide bonds. The quantitative estimate of drug-likeness (QED) is 0.783. The van der Waals surface area contributed by atoms with Gasteiger partial charge in [0.2, 0.25) is 0 Å². The van der Waals surface area contributed by atoms with Crippen molar-refractivity contribution >= 4 is 11.9 Å². The summed E-state index contributed by atoms with van der Waals surface area (Å²) in [6.07, 6.45) is 3.30. The Morgan fingerprint density at radius 2 is 2.09 bits per heavy atom. The number of ether oxygens (including phenoxy) is 2. The molecule has 1 unspecified atom stereocenters.